The first-order valence-corrected chi connectivity index (χ1v) is 7.82. The molecule has 1 N–H and O–H groups in total. The molecule has 3 aromatic rings. The minimum absolute atomic E-state index is 0.706. The Balaban J connectivity index is 1.79. The summed E-state index contributed by atoms with van der Waals surface area (Å²) in [5.74, 6) is 1.77. The lowest BCUT2D eigenvalue weighted by Crippen LogP contribution is -2.19. The molecule has 6 heteroatoms. The molecule has 0 bridgehead atoms. The molecule has 0 atom stereocenters. The first kappa shape index (κ1) is 14.0. The van der Waals surface area contributed by atoms with Crippen molar-refractivity contribution in [3.8, 4) is 0 Å². The van der Waals surface area contributed by atoms with Gasteiger partial charge in [0.25, 0.3) is 0 Å². The van der Waals surface area contributed by atoms with Crippen molar-refractivity contribution >= 4 is 27.4 Å². The van der Waals surface area contributed by atoms with Crippen LogP contribution in [0.2, 0.25) is 0 Å². The summed E-state index contributed by atoms with van der Waals surface area (Å²) in [5.41, 5.74) is 1.15. The van der Waals surface area contributed by atoms with Gasteiger partial charge in [0, 0.05) is 18.7 Å². The quantitative estimate of drug-likeness (QED) is 0.757. The molecule has 0 aromatic carbocycles. The van der Waals surface area contributed by atoms with E-state index in [-0.39, 0.29) is 0 Å². The molecule has 0 spiro atoms. The molecular formula is C15H18N4OS. The third kappa shape index (κ3) is 3.22. The van der Waals surface area contributed by atoms with Crippen LogP contribution in [0.25, 0.3) is 10.2 Å². The highest BCUT2D eigenvalue weighted by atomic mass is 32.1. The van der Waals surface area contributed by atoms with Gasteiger partial charge in [0.1, 0.15) is 16.5 Å². The number of hydrogen-bond donors (Lipinski definition) is 1. The Morgan fingerprint density at radius 1 is 1.29 bits per heavy atom. The van der Waals surface area contributed by atoms with E-state index in [1.165, 1.54) is 0 Å². The number of anilines is 1. The number of nitrogens with one attached hydrogen (secondary N) is 1. The predicted molar refractivity (Wildman–Crippen MR) is 85.5 cm³/mol. The molecule has 0 fully saturated rings. The second kappa shape index (κ2) is 6.24. The maximum Gasteiger partial charge on any atom is 0.146 e. The fourth-order valence-electron chi connectivity index (χ4n) is 2.26. The fraction of sp³-hybridized carbons (Fsp3) is 0.333. The maximum atomic E-state index is 5.10. The lowest BCUT2D eigenvalue weighted by Gasteiger charge is -2.15. The summed E-state index contributed by atoms with van der Waals surface area (Å²) in [6.07, 6.45) is 3.46. The SMILES string of the molecule is CCNc1nc(CN(C)Cc2ccoc2)nc2sccc12. The number of rotatable bonds is 6. The summed E-state index contributed by atoms with van der Waals surface area (Å²) in [4.78, 5) is 12.5. The molecule has 21 heavy (non-hydrogen) atoms. The average molecular weight is 302 g/mol. The van der Waals surface area contributed by atoms with E-state index in [0.29, 0.717) is 6.54 Å². The highest BCUT2D eigenvalue weighted by Crippen LogP contribution is 2.25. The molecule has 0 amide bonds. The number of nitrogens with zero attached hydrogens (tertiary/aromatic N) is 3. The van der Waals surface area contributed by atoms with Gasteiger partial charge in [0.15, 0.2) is 0 Å². The average Bonchev–Trinajstić information content (AvgIpc) is 3.09. The minimum Gasteiger partial charge on any atom is -0.472 e. The van der Waals surface area contributed by atoms with E-state index in [1.807, 2.05) is 6.07 Å². The van der Waals surface area contributed by atoms with Gasteiger partial charge in [-0.25, -0.2) is 9.97 Å². The van der Waals surface area contributed by atoms with Crippen molar-refractivity contribution in [2.75, 3.05) is 18.9 Å². The second-order valence-electron chi connectivity index (χ2n) is 4.96. The van der Waals surface area contributed by atoms with Crippen LogP contribution in [-0.4, -0.2) is 28.5 Å². The van der Waals surface area contributed by atoms with E-state index in [0.717, 1.165) is 40.5 Å². The van der Waals surface area contributed by atoms with Crippen LogP contribution >= 0.6 is 11.3 Å². The van der Waals surface area contributed by atoms with Crippen molar-refractivity contribution in [2.45, 2.75) is 20.0 Å². The third-order valence-electron chi connectivity index (χ3n) is 3.16. The van der Waals surface area contributed by atoms with Crippen LogP contribution in [-0.2, 0) is 13.1 Å². The van der Waals surface area contributed by atoms with Gasteiger partial charge in [-0.05, 0) is 31.5 Å². The molecule has 0 aliphatic heterocycles. The Labute approximate surface area is 127 Å². The van der Waals surface area contributed by atoms with Crippen LogP contribution < -0.4 is 5.32 Å². The summed E-state index contributed by atoms with van der Waals surface area (Å²) in [6, 6.07) is 4.04. The summed E-state index contributed by atoms with van der Waals surface area (Å²) < 4.78 is 5.10. The standard InChI is InChI=1S/C15H18N4OS/c1-3-16-14-12-5-7-21-15(12)18-13(17-14)9-19(2)8-11-4-6-20-10-11/h4-7,10H,3,8-9H2,1-2H3,(H,16,17,18). The number of fused-ring (bicyclic) bond motifs is 1. The third-order valence-corrected chi connectivity index (χ3v) is 3.97. The highest BCUT2D eigenvalue weighted by Gasteiger charge is 2.10. The molecule has 0 unspecified atom stereocenters. The van der Waals surface area contributed by atoms with Crippen molar-refractivity contribution in [3.05, 3.63) is 41.4 Å². The molecule has 0 radical (unpaired) electrons. The van der Waals surface area contributed by atoms with Gasteiger partial charge in [-0.2, -0.15) is 0 Å². The Bertz CT molecular complexity index is 708. The molecular weight excluding hydrogens is 284 g/mol. The van der Waals surface area contributed by atoms with Gasteiger partial charge < -0.3 is 9.73 Å². The van der Waals surface area contributed by atoms with Gasteiger partial charge in [-0.1, -0.05) is 0 Å². The normalized spacial score (nSPS) is 11.4. The van der Waals surface area contributed by atoms with Crippen molar-refractivity contribution in [1.29, 1.82) is 0 Å². The van der Waals surface area contributed by atoms with Gasteiger partial charge >= 0.3 is 0 Å². The van der Waals surface area contributed by atoms with E-state index in [2.05, 4.69) is 45.6 Å². The summed E-state index contributed by atoms with van der Waals surface area (Å²) >= 11 is 1.65. The van der Waals surface area contributed by atoms with E-state index in [9.17, 15) is 0 Å². The first-order valence-electron chi connectivity index (χ1n) is 6.94. The fourth-order valence-corrected chi connectivity index (χ4v) is 3.05. The molecule has 3 rings (SSSR count). The van der Waals surface area contributed by atoms with E-state index in [1.54, 1.807) is 23.9 Å². The number of aromatic nitrogens is 2. The Morgan fingerprint density at radius 2 is 2.19 bits per heavy atom. The van der Waals surface area contributed by atoms with Crippen LogP contribution in [0, 0.1) is 0 Å². The Hall–Kier alpha value is -1.92. The first-order chi connectivity index (χ1) is 10.3. The topological polar surface area (TPSA) is 54.2 Å². The van der Waals surface area contributed by atoms with Gasteiger partial charge in [0.05, 0.1) is 24.5 Å². The second-order valence-corrected chi connectivity index (χ2v) is 5.86. The lowest BCUT2D eigenvalue weighted by molar-refractivity contribution is 0.310. The Morgan fingerprint density at radius 3 is 2.95 bits per heavy atom. The largest absolute Gasteiger partial charge is 0.472 e. The summed E-state index contributed by atoms with van der Waals surface area (Å²) in [5, 5.41) is 6.47. The molecule has 0 saturated carbocycles. The van der Waals surface area contributed by atoms with Gasteiger partial charge in [-0.3, -0.25) is 4.90 Å². The van der Waals surface area contributed by atoms with Crippen LogP contribution in [0.1, 0.15) is 18.3 Å². The van der Waals surface area contributed by atoms with Crippen LogP contribution in [0.5, 0.6) is 0 Å². The maximum absolute atomic E-state index is 5.10. The van der Waals surface area contributed by atoms with E-state index in [4.69, 9.17) is 4.42 Å². The number of thiophene rings is 1. The number of furan rings is 1. The monoisotopic (exact) mass is 302 g/mol. The summed E-state index contributed by atoms with van der Waals surface area (Å²) in [7, 11) is 2.06. The molecule has 5 nitrogen and oxygen atoms in total. The zero-order valence-electron chi connectivity index (χ0n) is 12.2. The molecule has 3 heterocycles. The highest BCUT2D eigenvalue weighted by molar-refractivity contribution is 7.16. The van der Waals surface area contributed by atoms with Crippen LogP contribution in [0.4, 0.5) is 5.82 Å². The molecule has 110 valence electrons. The molecule has 0 aliphatic rings. The van der Waals surface area contributed by atoms with Crippen LogP contribution in [0.15, 0.2) is 34.5 Å². The van der Waals surface area contributed by atoms with Crippen molar-refractivity contribution in [2.24, 2.45) is 0 Å². The predicted octanol–water partition coefficient (Wildman–Crippen LogP) is 3.35. The van der Waals surface area contributed by atoms with E-state index >= 15 is 0 Å². The smallest absolute Gasteiger partial charge is 0.146 e. The molecule has 0 aliphatic carbocycles. The molecule has 0 saturated heterocycles. The van der Waals surface area contributed by atoms with Gasteiger partial charge in [0.2, 0.25) is 0 Å². The van der Waals surface area contributed by atoms with Crippen molar-refractivity contribution in [3.63, 3.8) is 0 Å². The van der Waals surface area contributed by atoms with Crippen molar-refractivity contribution < 1.29 is 4.42 Å². The van der Waals surface area contributed by atoms with Gasteiger partial charge in [-0.15, -0.1) is 11.3 Å². The summed E-state index contributed by atoms with van der Waals surface area (Å²) in [6.45, 7) is 4.45. The van der Waals surface area contributed by atoms with Crippen molar-refractivity contribution in [1.82, 2.24) is 14.9 Å². The van der Waals surface area contributed by atoms with Crippen LogP contribution in [0.3, 0.4) is 0 Å². The van der Waals surface area contributed by atoms with E-state index < -0.39 is 0 Å². The zero-order valence-corrected chi connectivity index (χ0v) is 13.0. The minimum atomic E-state index is 0.706. The Kier molecular flexibility index (Phi) is 4.17. The zero-order chi connectivity index (χ0) is 14.7. The lowest BCUT2D eigenvalue weighted by atomic mass is 10.3. The molecule has 3 aromatic heterocycles. The number of hydrogen-bond acceptors (Lipinski definition) is 6.